The number of aromatic nitrogens is 2. The molecule has 104 valence electrons. The zero-order chi connectivity index (χ0) is 13.8. The fourth-order valence-corrected chi connectivity index (χ4v) is 2.29. The standard InChI is InChI=1S/C15H19N5/c1-12-11-14(18-13-5-3-2-4-6-13)19-15(17-12)20-9-7-16-8-10-20/h2-6,11,16H,7-10H2,1H3,(H,17,18,19). The van der Waals surface area contributed by atoms with Crippen molar-refractivity contribution in [3.63, 3.8) is 0 Å². The lowest BCUT2D eigenvalue weighted by molar-refractivity contribution is 0.579. The number of benzene rings is 1. The number of nitrogens with one attached hydrogen (secondary N) is 2. The van der Waals surface area contributed by atoms with E-state index in [1.165, 1.54) is 0 Å². The van der Waals surface area contributed by atoms with E-state index in [0.29, 0.717) is 0 Å². The third-order valence-electron chi connectivity index (χ3n) is 3.29. The molecule has 0 atom stereocenters. The smallest absolute Gasteiger partial charge is 0.227 e. The molecule has 1 fully saturated rings. The first-order valence-corrected chi connectivity index (χ1v) is 6.95. The molecule has 0 spiro atoms. The van der Waals surface area contributed by atoms with Crippen LogP contribution in [0.4, 0.5) is 17.5 Å². The third-order valence-corrected chi connectivity index (χ3v) is 3.29. The van der Waals surface area contributed by atoms with Gasteiger partial charge in [-0.15, -0.1) is 0 Å². The highest BCUT2D eigenvalue weighted by Gasteiger charge is 2.14. The Morgan fingerprint density at radius 2 is 1.85 bits per heavy atom. The van der Waals surface area contributed by atoms with E-state index in [9.17, 15) is 0 Å². The molecule has 2 heterocycles. The molecule has 5 nitrogen and oxygen atoms in total. The minimum Gasteiger partial charge on any atom is -0.340 e. The van der Waals surface area contributed by atoms with Crippen molar-refractivity contribution in [2.75, 3.05) is 36.4 Å². The van der Waals surface area contributed by atoms with Gasteiger partial charge in [0.2, 0.25) is 5.95 Å². The number of aryl methyl sites for hydroxylation is 1. The molecule has 2 N–H and O–H groups in total. The summed E-state index contributed by atoms with van der Waals surface area (Å²) in [5.41, 5.74) is 2.02. The molecule has 3 rings (SSSR count). The van der Waals surface area contributed by atoms with Gasteiger partial charge in [-0.25, -0.2) is 4.98 Å². The molecule has 0 unspecified atom stereocenters. The maximum atomic E-state index is 4.63. The van der Waals surface area contributed by atoms with Crippen LogP contribution in [-0.2, 0) is 0 Å². The predicted octanol–water partition coefficient (Wildman–Crippen LogP) is 1.94. The zero-order valence-corrected chi connectivity index (χ0v) is 11.6. The monoisotopic (exact) mass is 269 g/mol. The highest BCUT2D eigenvalue weighted by Crippen LogP contribution is 2.18. The van der Waals surface area contributed by atoms with Crippen LogP contribution in [0.2, 0.25) is 0 Å². The van der Waals surface area contributed by atoms with Crippen LogP contribution in [0.5, 0.6) is 0 Å². The summed E-state index contributed by atoms with van der Waals surface area (Å²) in [5.74, 6) is 1.65. The van der Waals surface area contributed by atoms with Crippen molar-refractivity contribution in [2.45, 2.75) is 6.92 Å². The Bertz CT molecular complexity index is 564. The van der Waals surface area contributed by atoms with Crippen molar-refractivity contribution in [1.82, 2.24) is 15.3 Å². The Kier molecular flexibility index (Phi) is 3.78. The summed E-state index contributed by atoms with van der Waals surface area (Å²) in [5, 5.41) is 6.67. The summed E-state index contributed by atoms with van der Waals surface area (Å²) in [6, 6.07) is 12.0. The van der Waals surface area contributed by atoms with Gasteiger partial charge in [0.1, 0.15) is 5.82 Å². The van der Waals surface area contributed by atoms with Gasteiger partial charge in [0, 0.05) is 43.6 Å². The number of piperazine rings is 1. The van der Waals surface area contributed by atoms with E-state index in [1.807, 2.05) is 43.3 Å². The summed E-state index contributed by atoms with van der Waals surface area (Å²) in [4.78, 5) is 11.4. The molecule has 1 aromatic carbocycles. The lowest BCUT2D eigenvalue weighted by atomic mass is 10.3. The molecular weight excluding hydrogens is 250 g/mol. The Balaban J connectivity index is 1.82. The van der Waals surface area contributed by atoms with Gasteiger partial charge in [0.15, 0.2) is 0 Å². The number of rotatable bonds is 3. The van der Waals surface area contributed by atoms with Crippen LogP contribution in [0, 0.1) is 6.92 Å². The molecule has 0 saturated carbocycles. The predicted molar refractivity (Wildman–Crippen MR) is 81.6 cm³/mol. The van der Waals surface area contributed by atoms with E-state index in [0.717, 1.165) is 49.3 Å². The summed E-state index contributed by atoms with van der Waals surface area (Å²) >= 11 is 0. The molecule has 0 radical (unpaired) electrons. The molecule has 2 aromatic rings. The van der Waals surface area contributed by atoms with Gasteiger partial charge >= 0.3 is 0 Å². The fourth-order valence-electron chi connectivity index (χ4n) is 2.29. The van der Waals surface area contributed by atoms with E-state index in [4.69, 9.17) is 0 Å². The molecule has 0 aliphatic carbocycles. The van der Waals surface area contributed by atoms with Crippen molar-refractivity contribution < 1.29 is 0 Å². The summed E-state index contributed by atoms with van der Waals surface area (Å²) < 4.78 is 0. The topological polar surface area (TPSA) is 53.1 Å². The lowest BCUT2D eigenvalue weighted by Crippen LogP contribution is -2.44. The van der Waals surface area contributed by atoms with E-state index in [1.54, 1.807) is 0 Å². The highest BCUT2D eigenvalue weighted by atomic mass is 15.3. The van der Waals surface area contributed by atoms with Gasteiger partial charge < -0.3 is 15.5 Å². The second-order valence-corrected chi connectivity index (χ2v) is 4.92. The average Bonchev–Trinajstić information content (AvgIpc) is 2.49. The Hall–Kier alpha value is -2.14. The normalized spacial score (nSPS) is 15.2. The van der Waals surface area contributed by atoms with Crippen LogP contribution in [0.1, 0.15) is 5.69 Å². The van der Waals surface area contributed by atoms with Crippen LogP contribution in [0.15, 0.2) is 36.4 Å². The summed E-state index contributed by atoms with van der Waals surface area (Å²) in [6.07, 6.45) is 0. The van der Waals surface area contributed by atoms with E-state index in [-0.39, 0.29) is 0 Å². The van der Waals surface area contributed by atoms with Gasteiger partial charge in [-0.3, -0.25) is 0 Å². The fraction of sp³-hybridized carbons (Fsp3) is 0.333. The third kappa shape index (κ3) is 3.05. The minimum absolute atomic E-state index is 0.810. The van der Waals surface area contributed by atoms with Crippen molar-refractivity contribution in [2.24, 2.45) is 0 Å². The molecule has 5 heteroatoms. The van der Waals surface area contributed by atoms with Crippen LogP contribution in [-0.4, -0.2) is 36.1 Å². The zero-order valence-electron chi connectivity index (χ0n) is 11.6. The van der Waals surface area contributed by atoms with Crippen molar-refractivity contribution in [1.29, 1.82) is 0 Å². The molecule has 20 heavy (non-hydrogen) atoms. The van der Waals surface area contributed by atoms with E-state index < -0.39 is 0 Å². The lowest BCUT2D eigenvalue weighted by Gasteiger charge is -2.27. The van der Waals surface area contributed by atoms with Gasteiger partial charge in [0.25, 0.3) is 0 Å². The maximum Gasteiger partial charge on any atom is 0.227 e. The van der Waals surface area contributed by atoms with Crippen LogP contribution >= 0.6 is 0 Å². The van der Waals surface area contributed by atoms with E-state index >= 15 is 0 Å². The number of hydrogen-bond donors (Lipinski definition) is 2. The second kappa shape index (κ2) is 5.88. The SMILES string of the molecule is Cc1cc(Nc2ccccc2)nc(N2CCNCC2)n1. The average molecular weight is 269 g/mol. The molecule has 1 aliphatic rings. The van der Waals surface area contributed by atoms with Crippen molar-refractivity contribution >= 4 is 17.5 Å². The van der Waals surface area contributed by atoms with Gasteiger partial charge in [-0.1, -0.05) is 18.2 Å². The number of hydrogen-bond acceptors (Lipinski definition) is 5. The first-order valence-electron chi connectivity index (χ1n) is 6.95. The molecule has 0 amide bonds. The Morgan fingerprint density at radius 3 is 2.60 bits per heavy atom. The van der Waals surface area contributed by atoms with Crippen LogP contribution in [0.3, 0.4) is 0 Å². The number of nitrogens with zero attached hydrogens (tertiary/aromatic N) is 3. The second-order valence-electron chi connectivity index (χ2n) is 4.92. The largest absolute Gasteiger partial charge is 0.340 e. The Labute approximate surface area is 119 Å². The van der Waals surface area contributed by atoms with Crippen molar-refractivity contribution in [3.8, 4) is 0 Å². The first kappa shape index (κ1) is 12.9. The number of para-hydroxylation sites is 1. The van der Waals surface area contributed by atoms with Gasteiger partial charge in [-0.05, 0) is 19.1 Å². The molecule has 1 aromatic heterocycles. The molecule has 1 aliphatic heterocycles. The summed E-state index contributed by atoms with van der Waals surface area (Å²) in [6.45, 7) is 5.88. The highest BCUT2D eigenvalue weighted by molar-refractivity contribution is 5.57. The van der Waals surface area contributed by atoms with Gasteiger partial charge in [-0.2, -0.15) is 4.98 Å². The minimum atomic E-state index is 0.810. The summed E-state index contributed by atoms with van der Waals surface area (Å²) in [7, 11) is 0. The van der Waals surface area contributed by atoms with Gasteiger partial charge in [0.05, 0.1) is 0 Å². The quantitative estimate of drug-likeness (QED) is 0.892. The first-order chi connectivity index (χ1) is 9.81. The van der Waals surface area contributed by atoms with Crippen LogP contribution in [0.25, 0.3) is 0 Å². The molecule has 0 bridgehead atoms. The maximum absolute atomic E-state index is 4.63. The number of anilines is 3. The van der Waals surface area contributed by atoms with E-state index in [2.05, 4.69) is 25.5 Å². The Morgan fingerprint density at radius 1 is 1.10 bits per heavy atom. The van der Waals surface area contributed by atoms with Crippen LogP contribution < -0.4 is 15.5 Å². The molecular formula is C15H19N5. The molecule has 1 saturated heterocycles. The van der Waals surface area contributed by atoms with Crippen molar-refractivity contribution in [3.05, 3.63) is 42.1 Å².